The van der Waals surface area contributed by atoms with Crippen LogP contribution in [0, 0.1) is 0 Å². The Morgan fingerprint density at radius 3 is 2.62 bits per heavy atom. The lowest BCUT2D eigenvalue weighted by Gasteiger charge is -2.12. The zero-order valence-corrected chi connectivity index (χ0v) is 8.84. The second-order valence-electron chi connectivity index (χ2n) is 3.46. The van der Waals surface area contributed by atoms with Gasteiger partial charge in [0.25, 0.3) is 0 Å². The molecule has 0 fully saturated rings. The molecule has 1 atom stereocenters. The standard InChI is InChI=1S/C9H21N3O/c1-4-8(10)9(13)11-6-5-7-12(2)3/h8H,4-7,10H2,1-3H3,(H,11,13)/t8-/m1/s1. The smallest absolute Gasteiger partial charge is 0.236 e. The lowest BCUT2D eigenvalue weighted by Crippen LogP contribution is -2.40. The van der Waals surface area contributed by atoms with E-state index in [9.17, 15) is 4.79 Å². The number of nitrogens with zero attached hydrogens (tertiary/aromatic N) is 1. The summed E-state index contributed by atoms with van der Waals surface area (Å²) in [5.74, 6) is -0.0405. The van der Waals surface area contributed by atoms with Crippen molar-refractivity contribution in [2.75, 3.05) is 27.2 Å². The van der Waals surface area contributed by atoms with Crippen LogP contribution in [0.4, 0.5) is 0 Å². The third-order valence-corrected chi connectivity index (χ3v) is 1.86. The molecule has 0 aliphatic rings. The summed E-state index contributed by atoms with van der Waals surface area (Å²) in [6.45, 7) is 3.61. The van der Waals surface area contributed by atoms with Gasteiger partial charge in [-0.25, -0.2) is 0 Å². The zero-order chi connectivity index (χ0) is 10.3. The fraction of sp³-hybridized carbons (Fsp3) is 0.889. The Hall–Kier alpha value is -0.610. The molecule has 0 bridgehead atoms. The Bertz CT molecular complexity index is 148. The van der Waals surface area contributed by atoms with Gasteiger partial charge >= 0.3 is 0 Å². The van der Waals surface area contributed by atoms with Gasteiger partial charge in [-0.2, -0.15) is 0 Å². The Morgan fingerprint density at radius 1 is 1.54 bits per heavy atom. The fourth-order valence-corrected chi connectivity index (χ4v) is 0.923. The number of carbonyl (C=O) groups excluding carboxylic acids is 1. The maximum absolute atomic E-state index is 11.2. The topological polar surface area (TPSA) is 58.4 Å². The number of nitrogens with one attached hydrogen (secondary N) is 1. The van der Waals surface area contributed by atoms with Gasteiger partial charge in [-0.1, -0.05) is 6.92 Å². The van der Waals surface area contributed by atoms with Gasteiger partial charge in [0.15, 0.2) is 0 Å². The average molecular weight is 187 g/mol. The van der Waals surface area contributed by atoms with Crippen molar-refractivity contribution < 1.29 is 4.79 Å². The number of amides is 1. The molecule has 4 heteroatoms. The second-order valence-corrected chi connectivity index (χ2v) is 3.46. The second kappa shape index (κ2) is 6.86. The molecule has 3 N–H and O–H groups in total. The highest BCUT2D eigenvalue weighted by Gasteiger charge is 2.08. The largest absolute Gasteiger partial charge is 0.355 e. The molecule has 4 nitrogen and oxygen atoms in total. The van der Waals surface area contributed by atoms with Crippen LogP contribution in [0.25, 0.3) is 0 Å². The summed E-state index contributed by atoms with van der Waals surface area (Å²) in [7, 11) is 4.03. The summed E-state index contributed by atoms with van der Waals surface area (Å²) in [4.78, 5) is 13.3. The quantitative estimate of drug-likeness (QED) is 0.566. The van der Waals surface area contributed by atoms with E-state index in [2.05, 4.69) is 10.2 Å². The van der Waals surface area contributed by atoms with E-state index in [4.69, 9.17) is 5.73 Å². The minimum atomic E-state index is -0.348. The van der Waals surface area contributed by atoms with Gasteiger partial charge in [-0.05, 0) is 33.5 Å². The molecule has 0 saturated heterocycles. The molecule has 0 heterocycles. The maximum atomic E-state index is 11.2. The summed E-state index contributed by atoms with van der Waals surface area (Å²) in [5.41, 5.74) is 5.54. The van der Waals surface area contributed by atoms with E-state index in [1.165, 1.54) is 0 Å². The minimum Gasteiger partial charge on any atom is -0.355 e. The molecule has 78 valence electrons. The molecule has 0 aliphatic carbocycles. The number of carbonyl (C=O) groups is 1. The van der Waals surface area contributed by atoms with Gasteiger partial charge in [-0.15, -0.1) is 0 Å². The van der Waals surface area contributed by atoms with Crippen LogP contribution in [0.1, 0.15) is 19.8 Å². The van der Waals surface area contributed by atoms with Crippen molar-refractivity contribution in [3.05, 3.63) is 0 Å². The van der Waals surface area contributed by atoms with E-state index in [-0.39, 0.29) is 11.9 Å². The van der Waals surface area contributed by atoms with Crippen LogP contribution in [-0.2, 0) is 4.79 Å². The highest BCUT2D eigenvalue weighted by Crippen LogP contribution is 1.86. The molecule has 0 saturated carbocycles. The van der Waals surface area contributed by atoms with Gasteiger partial charge < -0.3 is 16.0 Å². The van der Waals surface area contributed by atoms with E-state index in [1.807, 2.05) is 21.0 Å². The Balaban J connectivity index is 3.37. The lowest BCUT2D eigenvalue weighted by atomic mass is 10.2. The molecule has 13 heavy (non-hydrogen) atoms. The first-order valence-corrected chi connectivity index (χ1v) is 4.76. The normalized spacial score (nSPS) is 13.0. The van der Waals surface area contributed by atoms with Gasteiger partial charge in [0.05, 0.1) is 6.04 Å². The summed E-state index contributed by atoms with van der Waals surface area (Å²) in [5, 5.41) is 2.80. The van der Waals surface area contributed by atoms with Crippen LogP contribution in [0.5, 0.6) is 0 Å². The maximum Gasteiger partial charge on any atom is 0.236 e. The lowest BCUT2D eigenvalue weighted by molar-refractivity contribution is -0.122. The van der Waals surface area contributed by atoms with Gasteiger partial charge in [-0.3, -0.25) is 4.79 Å². The monoisotopic (exact) mass is 187 g/mol. The van der Waals surface area contributed by atoms with E-state index >= 15 is 0 Å². The third-order valence-electron chi connectivity index (χ3n) is 1.86. The first kappa shape index (κ1) is 12.4. The number of hydrogen-bond acceptors (Lipinski definition) is 3. The first-order valence-electron chi connectivity index (χ1n) is 4.76. The molecule has 0 rings (SSSR count). The molecule has 1 amide bonds. The highest BCUT2D eigenvalue weighted by molar-refractivity contribution is 5.81. The predicted molar refractivity (Wildman–Crippen MR) is 54.4 cm³/mol. The molecular formula is C9H21N3O. The molecule has 0 radical (unpaired) electrons. The van der Waals surface area contributed by atoms with Crippen molar-refractivity contribution in [1.29, 1.82) is 0 Å². The van der Waals surface area contributed by atoms with Crippen LogP contribution in [0.2, 0.25) is 0 Å². The van der Waals surface area contributed by atoms with E-state index in [0.717, 1.165) is 13.0 Å². The number of rotatable bonds is 6. The molecule has 0 spiro atoms. The SMILES string of the molecule is CC[C@@H](N)C(=O)NCCCN(C)C. The van der Waals surface area contributed by atoms with Crippen LogP contribution in [0.15, 0.2) is 0 Å². The van der Waals surface area contributed by atoms with Crippen LogP contribution >= 0.6 is 0 Å². The highest BCUT2D eigenvalue weighted by atomic mass is 16.2. The molecule has 0 unspecified atom stereocenters. The summed E-state index contributed by atoms with van der Waals surface area (Å²) >= 11 is 0. The molecule has 0 aromatic heterocycles. The van der Waals surface area contributed by atoms with Crippen molar-refractivity contribution >= 4 is 5.91 Å². The molecular weight excluding hydrogens is 166 g/mol. The van der Waals surface area contributed by atoms with Crippen LogP contribution < -0.4 is 11.1 Å². The summed E-state index contributed by atoms with van der Waals surface area (Å²) < 4.78 is 0. The Kier molecular flexibility index (Phi) is 6.54. The van der Waals surface area contributed by atoms with Crippen molar-refractivity contribution in [2.24, 2.45) is 5.73 Å². The average Bonchev–Trinajstić information content (AvgIpc) is 2.10. The van der Waals surface area contributed by atoms with E-state index < -0.39 is 0 Å². The third kappa shape index (κ3) is 6.54. The van der Waals surface area contributed by atoms with Crippen molar-refractivity contribution in [1.82, 2.24) is 10.2 Å². The van der Waals surface area contributed by atoms with Crippen molar-refractivity contribution in [3.63, 3.8) is 0 Å². The fourth-order valence-electron chi connectivity index (χ4n) is 0.923. The predicted octanol–water partition coefficient (Wildman–Crippen LogP) is -0.208. The molecule has 0 aromatic carbocycles. The van der Waals surface area contributed by atoms with Gasteiger partial charge in [0.1, 0.15) is 0 Å². The van der Waals surface area contributed by atoms with Crippen LogP contribution in [-0.4, -0.2) is 44.0 Å². The molecule has 0 aromatic rings. The summed E-state index contributed by atoms with van der Waals surface area (Å²) in [6.07, 6.45) is 1.66. The Labute approximate surface area is 80.5 Å². The number of hydrogen-bond donors (Lipinski definition) is 2. The number of nitrogens with two attached hydrogens (primary N) is 1. The van der Waals surface area contributed by atoms with Crippen molar-refractivity contribution in [2.45, 2.75) is 25.8 Å². The van der Waals surface area contributed by atoms with E-state index in [0.29, 0.717) is 13.0 Å². The van der Waals surface area contributed by atoms with Gasteiger partial charge in [0, 0.05) is 6.54 Å². The van der Waals surface area contributed by atoms with Gasteiger partial charge in [0.2, 0.25) is 5.91 Å². The Morgan fingerprint density at radius 2 is 2.15 bits per heavy atom. The zero-order valence-electron chi connectivity index (χ0n) is 8.84. The molecule has 0 aliphatic heterocycles. The summed E-state index contributed by atoms with van der Waals surface area (Å²) in [6, 6.07) is -0.348. The first-order chi connectivity index (χ1) is 6.07. The minimum absolute atomic E-state index is 0.0405. The van der Waals surface area contributed by atoms with Crippen molar-refractivity contribution in [3.8, 4) is 0 Å². The van der Waals surface area contributed by atoms with E-state index in [1.54, 1.807) is 0 Å². The van der Waals surface area contributed by atoms with Crippen LogP contribution in [0.3, 0.4) is 0 Å².